The normalized spacial score (nSPS) is 8.52. The lowest BCUT2D eigenvalue weighted by atomic mass is 10.2. The van der Waals surface area contributed by atoms with E-state index in [1.165, 1.54) is 12.2 Å². The number of carbonyl (C=O) groups is 1. The van der Waals surface area contributed by atoms with Crippen LogP contribution in [0.15, 0.2) is 86.5 Å². The third-order valence-corrected chi connectivity index (χ3v) is 1.72. The first-order valence-electron chi connectivity index (χ1n) is 6.05. The molecular weight excluding hydrogens is 260 g/mol. The van der Waals surface area contributed by atoms with Crippen molar-refractivity contribution in [2.75, 3.05) is 0 Å². The molecule has 3 nitrogen and oxygen atoms in total. The average Bonchev–Trinajstić information content (AvgIpc) is 2.53. The smallest absolute Gasteiger partial charge is 0.241 e. The Kier molecular flexibility index (Phi) is 16.2. The minimum Gasteiger partial charge on any atom is -0.366 e. The van der Waals surface area contributed by atoms with Gasteiger partial charge in [0.15, 0.2) is 0 Å². The second-order valence-electron chi connectivity index (χ2n) is 3.34. The third-order valence-electron chi connectivity index (χ3n) is 1.72. The first kappa shape index (κ1) is 20.2. The van der Waals surface area contributed by atoms with Gasteiger partial charge in [0.2, 0.25) is 5.91 Å². The van der Waals surface area contributed by atoms with Crippen LogP contribution in [0.5, 0.6) is 0 Å². The molecule has 0 aliphatic heterocycles. The van der Waals surface area contributed by atoms with Gasteiger partial charge in [0.1, 0.15) is 0 Å². The quantitative estimate of drug-likeness (QED) is 0.518. The summed E-state index contributed by atoms with van der Waals surface area (Å²) in [6, 6.07) is 11.5. The molecule has 1 aromatic rings. The van der Waals surface area contributed by atoms with Gasteiger partial charge in [0, 0.05) is 12.2 Å². The van der Waals surface area contributed by atoms with E-state index in [0.717, 1.165) is 5.56 Å². The lowest BCUT2D eigenvalue weighted by molar-refractivity contribution is -0.113. The average molecular weight is 280 g/mol. The summed E-state index contributed by atoms with van der Waals surface area (Å²) in [5.41, 5.74) is 6.01. The lowest BCUT2D eigenvalue weighted by Crippen LogP contribution is -2.04. The molecule has 21 heavy (non-hydrogen) atoms. The summed E-state index contributed by atoms with van der Waals surface area (Å²) in [6.07, 6.45) is 11.1. The van der Waals surface area contributed by atoms with Gasteiger partial charge in [-0.15, -0.1) is 0 Å². The van der Waals surface area contributed by atoms with E-state index in [1.807, 2.05) is 36.4 Å². The zero-order valence-corrected chi connectivity index (χ0v) is 12.0. The van der Waals surface area contributed by atoms with E-state index in [2.05, 4.69) is 19.7 Å². The Morgan fingerprint density at radius 2 is 1.62 bits per heavy atom. The molecule has 0 unspecified atom stereocenters. The van der Waals surface area contributed by atoms with E-state index in [-0.39, 0.29) is 0 Å². The van der Waals surface area contributed by atoms with Crippen molar-refractivity contribution in [2.24, 2.45) is 5.73 Å². The molecule has 3 heteroatoms. The molecule has 0 atom stereocenters. The van der Waals surface area contributed by atoms with Crippen LogP contribution in [0, 0.1) is 11.3 Å². The van der Waals surface area contributed by atoms with E-state index in [1.54, 1.807) is 30.4 Å². The predicted molar refractivity (Wildman–Crippen MR) is 90.0 cm³/mol. The Labute approximate surface area is 126 Å². The second kappa shape index (κ2) is 16.9. The molecule has 0 aromatic heterocycles. The van der Waals surface area contributed by atoms with Crippen molar-refractivity contribution in [1.82, 2.24) is 0 Å². The van der Waals surface area contributed by atoms with Crippen molar-refractivity contribution < 1.29 is 4.79 Å². The highest BCUT2D eigenvalue weighted by Gasteiger charge is 1.81. The Morgan fingerprint density at radius 3 is 2.00 bits per heavy atom. The zero-order chi connectivity index (χ0) is 16.3. The summed E-state index contributed by atoms with van der Waals surface area (Å²) in [6.45, 7) is 9.84. The number of hydrogen-bond acceptors (Lipinski definition) is 2. The summed E-state index contributed by atoms with van der Waals surface area (Å²) in [7, 11) is 0. The summed E-state index contributed by atoms with van der Waals surface area (Å²) in [4.78, 5) is 10.3. The van der Waals surface area contributed by atoms with Crippen LogP contribution < -0.4 is 5.73 Å². The van der Waals surface area contributed by atoms with Gasteiger partial charge in [-0.05, 0) is 5.56 Å². The molecule has 0 radical (unpaired) electrons. The fourth-order valence-corrected chi connectivity index (χ4v) is 0.881. The Bertz CT molecular complexity index is 514. The highest BCUT2D eigenvalue weighted by molar-refractivity contribution is 5.86. The number of benzene rings is 1. The number of allylic oxidation sites excluding steroid dienone is 5. The number of rotatable bonds is 4. The number of nitrogens with two attached hydrogens (primary N) is 1. The number of primary amides is 1. The van der Waals surface area contributed by atoms with Crippen molar-refractivity contribution >= 4 is 12.0 Å². The molecule has 1 rings (SSSR count). The number of amides is 1. The molecule has 108 valence electrons. The van der Waals surface area contributed by atoms with Crippen LogP contribution in [0.1, 0.15) is 5.56 Å². The first-order chi connectivity index (χ1) is 10.1. The van der Waals surface area contributed by atoms with E-state index in [4.69, 9.17) is 11.0 Å². The summed E-state index contributed by atoms with van der Waals surface area (Å²) >= 11 is 0. The Morgan fingerprint density at radius 1 is 1.10 bits per heavy atom. The fourth-order valence-electron chi connectivity index (χ4n) is 0.881. The largest absolute Gasteiger partial charge is 0.366 e. The van der Waals surface area contributed by atoms with Crippen LogP contribution in [-0.2, 0) is 4.79 Å². The highest BCUT2D eigenvalue weighted by atomic mass is 16.1. The van der Waals surface area contributed by atoms with Gasteiger partial charge in [-0.1, -0.05) is 80.4 Å². The maximum Gasteiger partial charge on any atom is 0.241 e. The molecule has 2 N–H and O–H groups in total. The SMILES string of the molecule is C=CC#N.C=CC=C.NC(=O)C=CC=Cc1ccccc1. The van der Waals surface area contributed by atoms with Crippen molar-refractivity contribution in [2.45, 2.75) is 0 Å². The van der Waals surface area contributed by atoms with Gasteiger partial charge in [0.05, 0.1) is 6.07 Å². The van der Waals surface area contributed by atoms with E-state index in [9.17, 15) is 4.79 Å². The third kappa shape index (κ3) is 19.4. The van der Waals surface area contributed by atoms with Crippen LogP contribution in [-0.4, -0.2) is 5.91 Å². The zero-order valence-electron chi connectivity index (χ0n) is 12.0. The number of hydrogen-bond donors (Lipinski definition) is 1. The van der Waals surface area contributed by atoms with E-state index in [0.29, 0.717) is 0 Å². The molecule has 0 heterocycles. The van der Waals surface area contributed by atoms with Crippen LogP contribution in [0.3, 0.4) is 0 Å². The molecule has 0 bridgehead atoms. The minimum absolute atomic E-state index is 0.433. The highest BCUT2D eigenvalue weighted by Crippen LogP contribution is 2.00. The molecule has 0 fully saturated rings. The van der Waals surface area contributed by atoms with Gasteiger partial charge < -0.3 is 5.73 Å². The van der Waals surface area contributed by atoms with Gasteiger partial charge in [-0.2, -0.15) is 5.26 Å². The van der Waals surface area contributed by atoms with Crippen LogP contribution in [0.25, 0.3) is 6.08 Å². The first-order valence-corrected chi connectivity index (χ1v) is 6.05. The van der Waals surface area contributed by atoms with Gasteiger partial charge in [-0.3, -0.25) is 4.79 Å². The van der Waals surface area contributed by atoms with Gasteiger partial charge >= 0.3 is 0 Å². The summed E-state index contributed by atoms with van der Waals surface area (Å²) in [5.74, 6) is -0.433. The number of nitrogens with zero attached hydrogens (tertiary/aromatic N) is 1. The van der Waals surface area contributed by atoms with Gasteiger partial charge in [-0.25, -0.2) is 0 Å². The predicted octanol–water partition coefficient (Wildman–Crippen LogP) is 3.80. The maximum absolute atomic E-state index is 10.3. The summed E-state index contributed by atoms with van der Waals surface area (Å²) in [5, 5.41) is 7.51. The lowest BCUT2D eigenvalue weighted by Gasteiger charge is -1.87. The molecule has 1 aromatic carbocycles. The monoisotopic (exact) mass is 280 g/mol. The van der Waals surface area contributed by atoms with Crippen LogP contribution in [0.4, 0.5) is 0 Å². The van der Waals surface area contributed by atoms with Crippen LogP contribution >= 0.6 is 0 Å². The second-order valence-corrected chi connectivity index (χ2v) is 3.34. The number of carbonyl (C=O) groups excluding carboxylic acids is 1. The maximum atomic E-state index is 10.3. The van der Waals surface area contributed by atoms with Crippen molar-refractivity contribution in [3.63, 3.8) is 0 Å². The standard InChI is InChI=1S/C11H11NO.C4H6.C3H3N/c12-11(13)9-5-4-8-10-6-2-1-3-7-10;1-3-4-2;1-2-3-4/h1-9H,(H2,12,13);3-4H,1-2H2;2H,1H2. The summed E-state index contributed by atoms with van der Waals surface area (Å²) < 4.78 is 0. The van der Waals surface area contributed by atoms with Crippen molar-refractivity contribution in [3.8, 4) is 6.07 Å². The van der Waals surface area contributed by atoms with Crippen molar-refractivity contribution in [3.05, 3.63) is 92.1 Å². The Hall–Kier alpha value is -3.12. The number of nitriles is 1. The molecule has 0 saturated carbocycles. The topological polar surface area (TPSA) is 66.9 Å². The molecule has 0 spiro atoms. The van der Waals surface area contributed by atoms with E-state index < -0.39 is 5.91 Å². The van der Waals surface area contributed by atoms with Crippen LogP contribution in [0.2, 0.25) is 0 Å². The van der Waals surface area contributed by atoms with Gasteiger partial charge in [0.25, 0.3) is 0 Å². The molecule has 0 saturated heterocycles. The fraction of sp³-hybridized carbons (Fsp3) is 0. The minimum atomic E-state index is -0.433. The molecular formula is C18H20N2O. The van der Waals surface area contributed by atoms with E-state index >= 15 is 0 Å². The molecule has 1 amide bonds. The molecule has 0 aliphatic carbocycles. The van der Waals surface area contributed by atoms with Crippen molar-refractivity contribution in [1.29, 1.82) is 5.26 Å². The Balaban J connectivity index is 0. The molecule has 0 aliphatic rings.